The molecule has 1 aromatic rings. The molecule has 0 bridgehead atoms. The van der Waals surface area contributed by atoms with Crippen LogP contribution in [0.4, 0.5) is 5.69 Å². The number of nitrogens with zero attached hydrogens (tertiary/aromatic N) is 1. The van der Waals surface area contributed by atoms with Gasteiger partial charge in [-0.25, -0.2) is 5.84 Å². The van der Waals surface area contributed by atoms with Crippen molar-refractivity contribution in [3.63, 3.8) is 0 Å². The summed E-state index contributed by atoms with van der Waals surface area (Å²) in [5.74, 6) is 5.70. The van der Waals surface area contributed by atoms with E-state index in [9.17, 15) is 0 Å². The standard InChI is InChI=1S/C8H11N3/c9-8-5-6-3-1-2-4-7(6)11(8)10/h1-4,8H,5,9-10H2. The number of para-hydroxylation sites is 1. The first-order valence-corrected chi connectivity index (χ1v) is 3.66. The normalized spacial score (nSPS) is 22.0. The smallest absolute Gasteiger partial charge is 0.0962 e. The summed E-state index contributed by atoms with van der Waals surface area (Å²) >= 11 is 0. The maximum atomic E-state index is 5.73. The monoisotopic (exact) mass is 149 g/mol. The van der Waals surface area contributed by atoms with Crippen LogP contribution in [0, 0.1) is 0 Å². The number of anilines is 1. The second kappa shape index (κ2) is 2.22. The minimum atomic E-state index is -0.0487. The number of fused-ring (bicyclic) bond motifs is 1. The zero-order valence-electron chi connectivity index (χ0n) is 6.20. The van der Waals surface area contributed by atoms with Crippen molar-refractivity contribution in [3.05, 3.63) is 29.8 Å². The molecule has 0 saturated carbocycles. The third-order valence-electron chi connectivity index (χ3n) is 2.06. The highest BCUT2D eigenvalue weighted by molar-refractivity contribution is 5.57. The van der Waals surface area contributed by atoms with E-state index in [0.717, 1.165) is 12.1 Å². The maximum absolute atomic E-state index is 5.73. The molecule has 3 heteroatoms. The zero-order valence-corrected chi connectivity index (χ0v) is 6.20. The predicted molar refractivity (Wildman–Crippen MR) is 44.8 cm³/mol. The molecule has 0 spiro atoms. The first-order chi connectivity index (χ1) is 5.29. The zero-order chi connectivity index (χ0) is 7.84. The maximum Gasteiger partial charge on any atom is 0.0962 e. The number of hydrazine groups is 1. The first kappa shape index (κ1) is 6.64. The molecule has 1 atom stereocenters. The SMILES string of the molecule is NC1Cc2ccccc2N1N. The first-order valence-electron chi connectivity index (χ1n) is 3.66. The van der Waals surface area contributed by atoms with Gasteiger partial charge >= 0.3 is 0 Å². The Hall–Kier alpha value is -1.06. The second-order valence-corrected chi connectivity index (χ2v) is 2.81. The quantitative estimate of drug-likeness (QED) is 0.518. The van der Waals surface area contributed by atoms with E-state index in [4.69, 9.17) is 11.6 Å². The van der Waals surface area contributed by atoms with Crippen LogP contribution in [0.25, 0.3) is 0 Å². The van der Waals surface area contributed by atoms with E-state index < -0.39 is 0 Å². The number of hydrogen-bond acceptors (Lipinski definition) is 3. The van der Waals surface area contributed by atoms with Crippen LogP contribution >= 0.6 is 0 Å². The Morgan fingerprint density at radius 3 is 2.82 bits per heavy atom. The van der Waals surface area contributed by atoms with Crippen LogP contribution < -0.4 is 16.6 Å². The summed E-state index contributed by atoms with van der Waals surface area (Å²) in [6.07, 6.45) is 0.805. The average molecular weight is 149 g/mol. The number of nitrogens with two attached hydrogens (primary N) is 2. The molecule has 58 valence electrons. The number of hydrogen-bond donors (Lipinski definition) is 2. The summed E-state index contributed by atoms with van der Waals surface area (Å²) < 4.78 is 0. The lowest BCUT2D eigenvalue weighted by molar-refractivity contribution is 0.666. The third kappa shape index (κ3) is 0.895. The van der Waals surface area contributed by atoms with E-state index >= 15 is 0 Å². The Kier molecular flexibility index (Phi) is 1.34. The Balaban J connectivity index is 2.47. The van der Waals surface area contributed by atoms with Crippen LogP contribution in [0.5, 0.6) is 0 Å². The summed E-state index contributed by atoms with van der Waals surface area (Å²) in [5, 5.41) is 1.62. The molecule has 3 nitrogen and oxygen atoms in total. The molecule has 2 rings (SSSR count). The van der Waals surface area contributed by atoms with Gasteiger partial charge in [-0.1, -0.05) is 18.2 Å². The number of rotatable bonds is 0. The van der Waals surface area contributed by atoms with Gasteiger partial charge in [-0.2, -0.15) is 0 Å². The largest absolute Gasteiger partial charge is 0.310 e. The van der Waals surface area contributed by atoms with Crippen molar-refractivity contribution in [2.75, 3.05) is 5.01 Å². The second-order valence-electron chi connectivity index (χ2n) is 2.81. The molecule has 1 heterocycles. The molecule has 0 amide bonds. The Labute approximate surface area is 65.6 Å². The molecule has 0 aliphatic carbocycles. The van der Waals surface area contributed by atoms with Crippen LogP contribution in [0.1, 0.15) is 5.56 Å². The van der Waals surface area contributed by atoms with Gasteiger partial charge in [0.2, 0.25) is 0 Å². The predicted octanol–water partition coefficient (Wildman–Crippen LogP) is 0.208. The Morgan fingerprint density at radius 1 is 1.36 bits per heavy atom. The fraction of sp³-hybridized carbons (Fsp3) is 0.250. The van der Waals surface area contributed by atoms with Gasteiger partial charge in [0.05, 0.1) is 11.9 Å². The molecule has 11 heavy (non-hydrogen) atoms. The van der Waals surface area contributed by atoms with Crippen molar-refractivity contribution >= 4 is 5.69 Å². The molecule has 1 aliphatic rings. The molecule has 1 unspecified atom stereocenters. The van der Waals surface area contributed by atoms with Gasteiger partial charge in [-0.05, 0) is 11.6 Å². The van der Waals surface area contributed by atoms with E-state index in [2.05, 4.69) is 6.07 Å². The van der Waals surface area contributed by atoms with E-state index in [1.807, 2.05) is 18.2 Å². The van der Waals surface area contributed by atoms with Crippen LogP contribution in [-0.2, 0) is 6.42 Å². The van der Waals surface area contributed by atoms with E-state index in [1.165, 1.54) is 5.56 Å². The van der Waals surface area contributed by atoms with Crippen molar-refractivity contribution in [1.82, 2.24) is 0 Å². The molecule has 0 fully saturated rings. The van der Waals surface area contributed by atoms with E-state index in [0.29, 0.717) is 0 Å². The fourth-order valence-corrected chi connectivity index (χ4v) is 1.44. The lowest BCUT2D eigenvalue weighted by Gasteiger charge is -2.16. The number of benzene rings is 1. The van der Waals surface area contributed by atoms with Crippen molar-refractivity contribution < 1.29 is 0 Å². The van der Waals surface area contributed by atoms with Crippen molar-refractivity contribution in [1.29, 1.82) is 0 Å². The summed E-state index contributed by atoms with van der Waals surface area (Å²) in [6.45, 7) is 0. The summed E-state index contributed by atoms with van der Waals surface area (Å²) in [7, 11) is 0. The molecule has 0 radical (unpaired) electrons. The Morgan fingerprint density at radius 2 is 2.09 bits per heavy atom. The van der Waals surface area contributed by atoms with Crippen molar-refractivity contribution in [3.8, 4) is 0 Å². The molecule has 0 aromatic heterocycles. The molecule has 1 aromatic carbocycles. The molecular weight excluding hydrogens is 138 g/mol. The average Bonchev–Trinajstić information content (AvgIpc) is 2.30. The lowest BCUT2D eigenvalue weighted by Crippen LogP contribution is -2.44. The summed E-state index contributed by atoms with van der Waals surface area (Å²) in [5.41, 5.74) is 8.02. The Bertz CT molecular complexity index is 272. The van der Waals surface area contributed by atoms with Gasteiger partial charge < -0.3 is 5.73 Å². The topological polar surface area (TPSA) is 55.3 Å². The molecule has 1 aliphatic heterocycles. The lowest BCUT2D eigenvalue weighted by atomic mass is 10.2. The van der Waals surface area contributed by atoms with Crippen molar-refractivity contribution in [2.24, 2.45) is 11.6 Å². The van der Waals surface area contributed by atoms with Crippen LogP contribution in [0.15, 0.2) is 24.3 Å². The van der Waals surface area contributed by atoms with E-state index in [1.54, 1.807) is 5.01 Å². The highest BCUT2D eigenvalue weighted by Crippen LogP contribution is 2.26. The molecular formula is C8H11N3. The van der Waals surface area contributed by atoms with Crippen LogP contribution in [0.2, 0.25) is 0 Å². The van der Waals surface area contributed by atoms with Crippen LogP contribution in [0.3, 0.4) is 0 Å². The van der Waals surface area contributed by atoms with Crippen molar-refractivity contribution in [2.45, 2.75) is 12.6 Å². The fourth-order valence-electron chi connectivity index (χ4n) is 1.44. The molecule has 4 N–H and O–H groups in total. The molecule has 0 saturated heterocycles. The highest BCUT2D eigenvalue weighted by atomic mass is 15.5. The van der Waals surface area contributed by atoms with Gasteiger partial charge in [-0.15, -0.1) is 0 Å². The summed E-state index contributed by atoms with van der Waals surface area (Å²) in [4.78, 5) is 0. The van der Waals surface area contributed by atoms with Gasteiger partial charge in [0.25, 0.3) is 0 Å². The van der Waals surface area contributed by atoms with Crippen LogP contribution in [-0.4, -0.2) is 6.17 Å². The van der Waals surface area contributed by atoms with Gasteiger partial charge in [0.15, 0.2) is 0 Å². The minimum absolute atomic E-state index is 0.0487. The van der Waals surface area contributed by atoms with Gasteiger partial charge in [0, 0.05) is 6.42 Å². The van der Waals surface area contributed by atoms with E-state index in [-0.39, 0.29) is 6.17 Å². The highest BCUT2D eigenvalue weighted by Gasteiger charge is 2.22. The van der Waals surface area contributed by atoms with Gasteiger partial charge in [-0.3, -0.25) is 5.01 Å². The third-order valence-corrected chi connectivity index (χ3v) is 2.06. The van der Waals surface area contributed by atoms with Gasteiger partial charge in [0.1, 0.15) is 0 Å². The minimum Gasteiger partial charge on any atom is -0.310 e. The summed E-state index contributed by atoms with van der Waals surface area (Å²) in [6, 6.07) is 8.02.